The lowest BCUT2D eigenvalue weighted by atomic mass is 9.56. The topological polar surface area (TPSA) is 65.6 Å². The first-order valence-corrected chi connectivity index (χ1v) is 9.75. The van der Waals surface area contributed by atoms with E-state index in [1.54, 1.807) is 7.11 Å². The number of nitrogens with zero attached hydrogens (tertiary/aromatic N) is 1. The van der Waals surface area contributed by atoms with Crippen LogP contribution in [-0.4, -0.2) is 47.2 Å². The molecule has 6 rings (SSSR count). The highest BCUT2D eigenvalue weighted by Crippen LogP contribution is 2.55. The van der Waals surface area contributed by atoms with Crippen molar-refractivity contribution in [2.75, 3.05) is 20.2 Å². The van der Waals surface area contributed by atoms with Crippen LogP contribution in [0.15, 0.2) is 18.2 Å². The second-order valence-corrected chi connectivity index (χ2v) is 8.33. The van der Waals surface area contributed by atoms with E-state index in [9.17, 15) is 9.90 Å². The Labute approximate surface area is 153 Å². The molecule has 138 valence electrons. The number of hydrogen-bond acceptors (Lipinski definition) is 3. The lowest BCUT2D eigenvalue weighted by Gasteiger charge is -2.57. The van der Waals surface area contributed by atoms with Gasteiger partial charge in [-0.2, -0.15) is 0 Å². The minimum atomic E-state index is -0.806. The zero-order chi connectivity index (χ0) is 18.1. The summed E-state index contributed by atoms with van der Waals surface area (Å²) in [5.41, 5.74) is 2.37. The minimum Gasteiger partial charge on any atom is -0.497 e. The Morgan fingerprint density at radius 1 is 1.46 bits per heavy atom. The third-order valence-corrected chi connectivity index (χ3v) is 7.20. The Hall–Kier alpha value is -2.01. The molecule has 3 aliphatic heterocycles. The second kappa shape index (κ2) is 5.49. The summed E-state index contributed by atoms with van der Waals surface area (Å²) in [5, 5.41) is 11.6. The van der Waals surface area contributed by atoms with Gasteiger partial charge in [-0.1, -0.05) is 13.3 Å². The summed E-state index contributed by atoms with van der Waals surface area (Å²) in [6.45, 7) is 4.22. The fraction of sp³-hybridized carbons (Fsp3) is 0.571. The van der Waals surface area contributed by atoms with Gasteiger partial charge in [0.1, 0.15) is 11.2 Å². The third-order valence-electron chi connectivity index (χ3n) is 7.20. The number of hydrogen-bond donors (Lipinski definition) is 2. The molecule has 26 heavy (non-hydrogen) atoms. The van der Waals surface area contributed by atoms with Crippen LogP contribution < -0.4 is 4.74 Å². The summed E-state index contributed by atoms with van der Waals surface area (Å²) in [5.74, 6) is 1.11. The summed E-state index contributed by atoms with van der Waals surface area (Å²) in [6, 6.07) is 6.13. The first kappa shape index (κ1) is 16.2. The molecule has 2 saturated heterocycles. The zero-order valence-electron chi connectivity index (χ0n) is 15.4. The van der Waals surface area contributed by atoms with Crippen molar-refractivity contribution in [1.82, 2.24) is 9.88 Å². The molecule has 1 aromatic carbocycles. The lowest BCUT2D eigenvalue weighted by Crippen LogP contribution is -2.67. The van der Waals surface area contributed by atoms with Gasteiger partial charge in [0, 0.05) is 35.7 Å². The normalized spacial score (nSPS) is 35.2. The molecule has 2 aromatic rings. The number of aromatic nitrogens is 1. The molecular weight excluding hydrogens is 328 g/mol. The number of ether oxygens (including phenoxy) is 1. The number of H-pyrrole nitrogens is 1. The van der Waals surface area contributed by atoms with Gasteiger partial charge in [0.15, 0.2) is 0 Å². The Kier molecular flexibility index (Phi) is 3.42. The van der Waals surface area contributed by atoms with Crippen molar-refractivity contribution in [3.63, 3.8) is 0 Å². The largest absolute Gasteiger partial charge is 0.497 e. The van der Waals surface area contributed by atoms with Gasteiger partial charge < -0.3 is 14.8 Å². The summed E-state index contributed by atoms with van der Waals surface area (Å²) >= 11 is 0. The standard InChI is InChI=1S/C21H26N2O3/c1-3-13-8-12-10-21(20(24)25)18-15(6-7-23(11-12)19(13)21)16-9-14(26-2)4-5-17(16)22-18/h4-5,9,12-13,19,22H,3,6-8,10-11H2,1-2H3,(H,24,25)/t12-,13?,19?,21?/m0/s1. The Morgan fingerprint density at radius 3 is 3.04 bits per heavy atom. The van der Waals surface area contributed by atoms with E-state index in [0.29, 0.717) is 11.8 Å². The molecule has 2 N–H and O–H groups in total. The van der Waals surface area contributed by atoms with Crippen molar-refractivity contribution >= 4 is 16.9 Å². The van der Waals surface area contributed by atoms with Gasteiger partial charge >= 0.3 is 5.97 Å². The predicted molar refractivity (Wildman–Crippen MR) is 99.7 cm³/mol. The average Bonchev–Trinajstić information content (AvgIpc) is 2.99. The van der Waals surface area contributed by atoms with Crippen LogP contribution in [0.3, 0.4) is 0 Å². The van der Waals surface area contributed by atoms with Gasteiger partial charge in [-0.25, -0.2) is 0 Å². The molecule has 4 heterocycles. The van der Waals surface area contributed by atoms with Gasteiger partial charge in [0.25, 0.3) is 0 Å². The summed E-state index contributed by atoms with van der Waals surface area (Å²) in [7, 11) is 1.68. The number of piperidine rings is 2. The first-order valence-electron chi connectivity index (χ1n) is 9.75. The van der Waals surface area contributed by atoms with Crippen LogP contribution in [0.1, 0.15) is 37.4 Å². The average molecular weight is 354 g/mol. The molecule has 0 radical (unpaired) electrons. The first-order chi connectivity index (χ1) is 12.6. The van der Waals surface area contributed by atoms with Crippen molar-refractivity contribution < 1.29 is 14.6 Å². The van der Waals surface area contributed by atoms with Crippen LogP contribution in [0.5, 0.6) is 5.75 Å². The van der Waals surface area contributed by atoms with Gasteiger partial charge in [-0.3, -0.25) is 9.69 Å². The number of methoxy groups -OCH3 is 1. The monoisotopic (exact) mass is 354 g/mol. The van der Waals surface area contributed by atoms with Crippen molar-refractivity contribution in [3.05, 3.63) is 29.5 Å². The molecule has 0 amide bonds. The van der Waals surface area contributed by atoms with E-state index in [1.165, 1.54) is 12.0 Å². The highest BCUT2D eigenvalue weighted by Gasteiger charge is 2.62. The fourth-order valence-electron chi connectivity index (χ4n) is 6.25. The van der Waals surface area contributed by atoms with Crippen molar-refractivity contribution in [2.24, 2.45) is 11.8 Å². The summed E-state index contributed by atoms with van der Waals surface area (Å²) in [6.07, 6.45) is 3.89. The maximum Gasteiger partial charge on any atom is 0.317 e. The zero-order valence-corrected chi connectivity index (χ0v) is 15.4. The van der Waals surface area contributed by atoms with Crippen LogP contribution in [0.4, 0.5) is 0 Å². The van der Waals surface area contributed by atoms with E-state index in [-0.39, 0.29) is 6.04 Å². The van der Waals surface area contributed by atoms with E-state index in [0.717, 1.165) is 54.7 Å². The molecule has 3 fully saturated rings. The van der Waals surface area contributed by atoms with Crippen LogP contribution in [0.25, 0.3) is 10.9 Å². The molecule has 1 aromatic heterocycles. The molecule has 5 atom stereocenters. The number of carboxylic acid groups (broad SMARTS) is 1. The molecule has 5 nitrogen and oxygen atoms in total. The smallest absolute Gasteiger partial charge is 0.317 e. The highest BCUT2D eigenvalue weighted by atomic mass is 16.5. The molecule has 1 saturated carbocycles. The summed E-state index contributed by atoms with van der Waals surface area (Å²) < 4.78 is 5.42. The highest BCUT2D eigenvalue weighted by molar-refractivity contribution is 5.91. The molecule has 1 aliphatic carbocycles. The molecular formula is C21H26N2O3. The minimum absolute atomic E-state index is 0.103. The van der Waals surface area contributed by atoms with Crippen molar-refractivity contribution in [2.45, 2.75) is 44.1 Å². The van der Waals surface area contributed by atoms with E-state index >= 15 is 0 Å². The predicted octanol–water partition coefficient (Wildman–Crippen LogP) is 3.18. The SMILES string of the molecule is CCC1C[C@@H]2CN3CCc4c([nH]c5ccc(OC)cc45)C(C(=O)O)(C2)C13. The third kappa shape index (κ3) is 1.92. The van der Waals surface area contributed by atoms with Crippen molar-refractivity contribution in [1.29, 1.82) is 0 Å². The Morgan fingerprint density at radius 2 is 2.31 bits per heavy atom. The Balaban J connectivity index is 1.78. The van der Waals surface area contributed by atoms with Crippen LogP contribution in [-0.2, 0) is 16.6 Å². The number of carboxylic acids is 1. The van der Waals surface area contributed by atoms with E-state index in [1.807, 2.05) is 12.1 Å². The fourth-order valence-corrected chi connectivity index (χ4v) is 6.25. The van der Waals surface area contributed by atoms with Crippen LogP contribution in [0.2, 0.25) is 0 Å². The number of nitrogens with one attached hydrogen (secondary N) is 1. The molecule has 4 aliphatic rings. The molecule has 4 unspecified atom stereocenters. The lowest BCUT2D eigenvalue weighted by molar-refractivity contribution is -0.158. The number of rotatable bonds is 3. The van der Waals surface area contributed by atoms with Gasteiger partial charge in [0.2, 0.25) is 0 Å². The number of fused-ring (bicyclic) bond motifs is 4. The number of aromatic amines is 1. The van der Waals surface area contributed by atoms with E-state index in [4.69, 9.17) is 4.74 Å². The molecule has 4 bridgehead atoms. The van der Waals surface area contributed by atoms with E-state index < -0.39 is 11.4 Å². The maximum absolute atomic E-state index is 12.8. The maximum atomic E-state index is 12.8. The van der Waals surface area contributed by atoms with E-state index in [2.05, 4.69) is 22.9 Å². The van der Waals surface area contributed by atoms with Gasteiger partial charge in [-0.05, 0) is 54.9 Å². The van der Waals surface area contributed by atoms with Crippen molar-refractivity contribution in [3.8, 4) is 5.75 Å². The van der Waals surface area contributed by atoms with Gasteiger partial charge in [-0.15, -0.1) is 0 Å². The molecule has 5 heteroatoms. The van der Waals surface area contributed by atoms with Gasteiger partial charge in [0.05, 0.1) is 7.11 Å². The van der Waals surface area contributed by atoms with Crippen LogP contribution in [0, 0.1) is 11.8 Å². The van der Waals surface area contributed by atoms with Crippen LogP contribution >= 0.6 is 0 Å². The number of aliphatic carboxylic acids is 1. The number of benzene rings is 1. The number of carbonyl (C=O) groups is 1. The second-order valence-electron chi connectivity index (χ2n) is 8.33. The Bertz CT molecular complexity index is 889. The summed E-state index contributed by atoms with van der Waals surface area (Å²) in [4.78, 5) is 18.8. The molecule has 0 spiro atoms. The quantitative estimate of drug-likeness (QED) is 0.888.